The van der Waals surface area contributed by atoms with Gasteiger partial charge in [-0.05, 0) is 16.7 Å². The summed E-state index contributed by atoms with van der Waals surface area (Å²) in [5, 5.41) is 10.7. The third kappa shape index (κ3) is 5.90. The average Bonchev–Trinajstić information content (AvgIpc) is 2.83. The maximum atomic E-state index is 12.8. The first kappa shape index (κ1) is 22.4. The summed E-state index contributed by atoms with van der Waals surface area (Å²) in [6, 6.07) is 29.2. The molecule has 3 unspecified atom stereocenters. The molecule has 0 spiro atoms. The molecule has 3 aromatic rings. The fraction of sp³-hybridized carbons (Fsp3) is 0.296. The predicted molar refractivity (Wildman–Crippen MR) is 121 cm³/mol. The fourth-order valence-electron chi connectivity index (χ4n) is 3.88. The molecule has 0 bridgehead atoms. The lowest BCUT2D eigenvalue weighted by Crippen LogP contribution is -2.57. The average molecular weight is 433 g/mol. The van der Waals surface area contributed by atoms with Crippen molar-refractivity contribution in [2.45, 2.75) is 50.7 Å². The molecule has 1 N–H and O–H groups in total. The summed E-state index contributed by atoms with van der Waals surface area (Å²) in [5.41, 5.74) is 2.93. The number of rotatable bonds is 9. The number of hydrogen-bond acceptors (Lipinski definition) is 5. The second kappa shape index (κ2) is 11.2. The lowest BCUT2D eigenvalue weighted by molar-refractivity contribution is -0.201. The van der Waals surface area contributed by atoms with Crippen LogP contribution in [-0.4, -0.2) is 35.3 Å². The van der Waals surface area contributed by atoms with Gasteiger partial charge >= 0.3 is 0 Å². The molecule has 5 heteroatoms. The molecule has 0 heterocycles. The van der Waals surface area contributed by atoms with E-state index in [2.05, 4.69) is 0 Å². The smallest absolute Gasteiger partial charge is 0.167 e. The van der Waals surface area contributed by atoms with Gasteiger partial charge in [0.15, 0.2) is 5.78 Å². The summed E-state index contributed by atoms with van der Waals surface area (Å²) >= 11 is 0. The number of aliphatic hydroxyl groups excluding tert-OH is 1. The Balaban J connectivity index is 1.51. The van der Waals surface area contributed by atoms with E-state index in [0.717, 1.165) is 16.7 Å². The Kier molecular flexibility index (Phi) is 7.80. The van der Waals surface area contributed by atoms with Crippen LogP contribution in [0, 0.1) is 0 Å². The first-order valence-electron chi connectivity index (χ1n) is 10.9. The molecule has 0 amide bonds. The maximum Gasteiger partial charge on any atom is 0.167 e. The molecule has 3 aromatic carbocycles. The Morgan fingerprint density at radius 2 is 1.03 bits per heavy atom. The van der Waals surface area contributed by atoms with Gasteiger partial charge in [0.25, 0.3) is 0 Å². The summed E-state index contributed by atoms with van der Waals surface area (Å²) in [6.45, 7) is 0.888. The first-order chi connectivity index (χ1) is 15.7. The van der Waals surface area contributed by atoms with E-state index in [1.165, 1.54) is 0 Å². The van der Waals surface area contributed by atoms with Crippen LogP contribution in [0.4, 0.5) is 0 Å². The highest BCUT2D eigenvalue weighted by Crippen LogP contribution is 2.28. The number of carbonyl (C=O) groups excluding carboxylic acids is 1. The molecule has 1 saturated carbocycles. The minimum Gasteiger partial charge on any atom is -0.390 e. The van der Waals surface area contributed by atoms with Crippen molar-refractivity contribution in [1.82, 2.24) is 0 Å². The molecule has 166 valence electrons. The molecular formula is C27H28O5. The summed E-state index contributed by atoms with van der Waals surface area (Å²) in [6.07, 6.45) is -3.20. The van der Waals surface area contributed by atoms with Gasteiger partial charge in [-0.15, -0.1) is 0 Å². The van der Waals surface area contributed by atoms with Crippen LogP contribution in [0.15, 0.2) is 91.0 Å². The molecule has 4 rings (SSSR count). The highest BCUT2D eigenvalue weighted by atomic mass is 16.6. The monoisotopic (exact) mass is 432 g/mol. The standard InChI is InChI=1S/C27H28O5/c28-23-16-24(29)26(31-18-21-12-6-2-7-13-21)27(32-19-22-14-8-3-9-15-22)25(23)30-17-20-10-4-1-5-11-20/h1-15,23,25-28H,16-19H2/t23?,25?,26-,27?/m1/s1. The van der Waals surface area contributed by atoms with Gasteiger partial charge in [0.1, 0.15) is 18.3 Å². The predicted octanol–water partition coefficient (Wildman–Crippen LogP) is 4.08. The van der Waals surface area contributed by atoms with Crippen molar-refractivity contribution in [2.24, 2.45) is 0 Å². The Morgan fingerprint density at radius 1 is 0.625 bits per heavy atom. The van der Waals surface area contributed by atoms with E-state index in [1.54, 1.807) is 0 Å². The molecule has 4 atom stereocenters. The van der Waals surface area contributed by atoms with Crippen molar-refractivity contribution < 1.29 is 24.1 Å². The van der Waals surface area contributed by atoms with E-state index in [9.17, 15) is 9.90 Å². The third-order valence-corrected chi connectivity index (χ3v) is 5.57. The Morgan fingerprint density at radius 3 is 1.50 bits per heavy atom. The number of aliphatic hydroxyl groups is 1. The lowest BCUT2D eigenvalue weighted by Gasteiger charge is -2.39. The zero-order chi connectivity index (χ0) is 22.2. The van der Waals surface area contributed by atoms with Gasteiger partial charge in [0.05, 0.1) is 25.9 Å². The van der Waals surface area contributed by atoms with Crippen molar-refractivity contribution in [2.75, 3.05) is 0 Å². The van der Waals surface area contributed by atoms with E-state index < -0.39 is 24.4 Å². The zero-order valence-corrected chi connectivity index (χ0v) is 17.9. The highest BCUT2D eigenvalue weighted by Gasteiger charge is 2.46. The Bertz CT molecular complexity index is 961. The van der Waals surface area contributed by atoms with Crippen molar-refractivity contribution >= 4 is 5.78 Å². The van der Waals surface area contributed by atoms with Crippen LogP contribution in [0.1, 0.15) is 23.1 Å². The lowest BCUT2D eigenvalue weighted by atomic mass is 9.88. The van der Waals surface area contributed by atoms with E-state index in [0.29, 0.717) is 13.2 Å². The second-order valence-electron chi connectivity index (χ2n) is 7.98. The van der Waals surface area contributed by atoms with Crippen LogP contribution in [-0.2, 0) is 38.8 Å². The molecular weight excluding hydrogens is 404 g/mol. The third-order valence-electron chi connectivity index (χ3n) is 5.57. The van der Waals surface area contributed by atoms with Gasteiger partial charge in [-0.3, -0.25) is 4.79 Å². The van der Waals surface area contributed by atoms with E-state index in [-0.39, 0.29) is 18.8 Å². The molecule has 0 aromatic heterocycles. The molecule has 32 heavy (non-hydrogen) atoms. The number of carbonyl (C=O) groups is 1. The van der Waals surface area contributed by atoms with Crippen LogP contribution < -0.4 is 0 Å². The van der Waals surface area contributed by atoms with Gasteiger partial charge in [0.2, 0.25) is 0 Å². The molecule has 0 aliphatic heterocycles. The molecule has 5 nitrogen and oxygen atoms in total. The van der Waals surface area contributed by atoms with Crippen molar-refractivity contribution in [3.8, 4) is 0 Å². The summed E-state index contributed by atoms with van der Waals surface area (Å²) in [4.78, 5) is 12.8. The summed E-state index contributed by atoms with van der Waals surface area (Å²) in [7, 11) is 0. The largest absolute Gasteiger partial charge is 0.390 e. The van der Waals surface area contributed by atoms with Gasteiger partial charge in [-0.2, -0.15) is 0 Å². The summed E-state index contributed by atoms with van der Waals surface area (Å²) in [5.74, 6) is -0.175. The van der Waals surface area contributed by atoms with Crippen LogP contribution in [0.2, 0.25) is 0 Å². The Labute approximate surface area is 188 Å². The quantitative estimate of drug-likeness (QED) is 0.552. The van der Waals surface area contributed by atoms with Gasteiger partial charge in [0, 0.05) is 6.42 Å². The molecule has 0 radical (unpaired) electrons. The van der Waals surface area contributed by atoms with Crippen LogP contribution >= 0.6 is 0 Å². The Hall–Kier alpha value is -2.83. The van der Waals surface area contributed by atoms with Gasteiger partial charge in [-0.25, -0.2) is 0 Å². The van der Waals surface area contributed by atoms with E-state index in [4.69, 9.17) is 14.2 Å². The van der Waals surface area contributed by atoms with E-state index in [1.807, 2.05) is 91.0 Å². The summed E-state index contributed by atoms with van der Waals surface area (Å²) < 4.78 is 18.3. The van der Waals surface area contributed by atoms with Crippen LogP contribution in [0.5, 0.6) is 0 Å². The normalized spacial score (nSPS) is 23.2. The molecule has 0 saturated heterocycles. The maximum absolute atomic E-state index is 12.8. The van der Waals surface area contributed by atoms with Gasteiger partial charge in [-0.1, -0.05) is 91.0 Å². The molecule has 1 fully saturated rings. The zero-order valence-electron chi connectivity index (χ0n) is 17.9. The van der Waals surface area contributed by atoms with Crippen LogP contribution in [0.3, 0.4) is 0 Å². The SMILES string of the molecule is O=C1CC(O)C(OCc2ccccc2)C(OCc2ccccc2)[C@@H]1OCc1ccccc1. The topological polar surface area (TPSA) is 65.0 Å². The number of Topliss-reactive ketones (excluding diaryl/α,β-unsaturated/α-hetero) is 1. The number of benzene rings is 3. The number of ketones is 1. The minimum absolute atomic E-state index is 0.0237. The van der Waals surface area contributed by atoms with E-state index >= 15 is 0 Å². The van der Waals surface area contributed by atoms with Crippen molar-refractivity contribution in [3.63, 3.8) is 0 Å². The minimum atomic E-state index is -0.955. The van der Waals surface area contributed by atoms with Crippen molar-refractivity contribution in [3.05, 3.63) is 108 Å². The van der Waals surface area contributed by atoms with Crippen molar-refractivity contribution in [1.29, 1.82) is 0 Å². The van der Waals surface area contributed by atoms with Crippen LogP contribution in [0.25, 0.3) is 0 Å². The first-order valence-corrected chi connectivity index (χ1v) is 10.9. The number of ether oxygens (including phenoxy) is 3. The molecule has 1 aliphatic carbocycles. The molecule has 1 aliphatic rings. The fourth-order valence-corrected chi connectivity index (χ4v) is 3.88. The second-order valence-corrected chi connectivity index (χ2v) is 7.98. The number of hydrogen-bond donors (Lipinski definition) is 1. The van der Waals surface area contributed by atoms with Gasteiger partial charge < -0.3 is 19.3 Å². The highest BCUT2D eigenvalue weighted by molar-refractivity contribution is 5.85.